The minimum absolute atomic E-state index is 0.0268. The van der Waals surface area contributed by atoms with Gasteiger partial charge in [-0.25, -0.2) is 0 Å². The maximum Gasteiger partial charge on any atom is 0.270 e. The van der Waals surface area contributed by atoms with Gasteiger partial charge in [0.2, 0.25) is 0 Å². The number of aliphatic hydroxyl groups excluding tert-OH is 1. The van der Waals surface area contributed by atoms with E-state index in [9.17, 15) is 10.1 Å². The average Bonchev–Trinajstić information content (AvgIpc) is 2.93. The van der Waals surface area contributed by atoms with Crippen molar-refractivity contribution in [1.82, 2.24) is 4.90 Å². The molecule has 0 saturated carbocycles. The molecule has 1 aliphatic rings. The van der Waals surface area contributed by atoms with Gasteiger partial charge in [-0.15, -0.1) is 0 Å². The Balaban J connectivity index is 2.18. The smallest absolute Gasteiger partial charge is 0.270 e. The molecule has 0 aliphatic carbocycles. The summed E-state index contributed by atoms with van der Waals surface area (Å²) in [5.41, 5.74) is 0.964. The lowest BCUT2D eigenvalue weighted by molar-refractivity contribution is -0.385. The summed E-state index contributed by atoms with van der Waals surface area (Å²) in [5.74, 6) is 0.721. The third-order valence-corrected chi connectivity index (χ3v) is 4.19. The standard InChI is InChI=1S/C17H26N2O4/c1-13(2)23-17-8-7-16(19(21)22)11-14(17)12-18-9-3-5-15(18)6-4-10-20/h7-8,11,13,15,20H,3-6,9-10,12H2,1-2H3. The normalized spacial score (nSPS) is 18.5. The summed E-state index contributed by atoms with van der Waals surface area (Å²) in [5, 5.41) is 20.1. The lowest BCUT2D eigenvalue weighted by atomic mass is 10.1. The van der Waals surface area contributed by atoms with Gasteiger partial charge in [0.1, 0.15) is 5.75 Å². The van der Waals surface area contributed by atoms with Crippen LogP contribution in [0, 0.1) is 10.1 Å². The van der Waals surface area contributed by atoms with E-state index < -0.39 is 0 Å². The van der Waals surface area contributed by atoms with Gasteiger partial charge in [-0.05, 0) is 52.1 Å². The predicted octanol–water partition coefficient (Wildman–Crippen LogP) is 3.12. The van der Waals surface area contributed by atoms with Crippen molar-refractivity contribution < 1.29 is 14.8 Å². The second-order valence-corrected chi connectivity index (χ2v) is 6.35. The Hall–Kier alpha value is -1.66. The van der Waals surface area contributed by atoms with Crippen molar-refractivity contribution in [3.05, 3.63) is 33.9 Å². The predicted molar refractivity (Wildman–Crippen MR) is 88.6 cm³/mol. The van der Waals surface area contributed by atoms with Crippen LogP contribution < -0.4 is 4.74 Å². The molecule has 1 aromatic carbocycles. The van der Waals surface area contributed by atoms with Crippen molar-refractivity contribution in [3.8, 4) is 5.75 Å². The molecule has 2 rings (SSSR count). The van der Waals surface area contributed by atoms with Gasteiger partial charge in [-0.3, -0.25) is 15.0 Å². The number of likely N-dealkylation sites (tertiary alicyclic amines) is 1. The third kappa shape index (κ3) is 4.91. The number of hydrogen-bond acceptors (Lipinski definition) is 5. The molecule has 1 unspecified atom stereocenters. The number of non-ortho nitro benzene ring substituents is 1. The zero-order valence-electron chi connectivity index (χ0n) is 13.9. The van der Waals surface area contributed by atoms with E-state index in [1.54, 1.807) is 12.1 Å². The Bertz CT molecular complexity index is 533. The highest BCUT2D eigenvalue weighted by Crippen LogP contribution is 2.30. The van der Waals surface area contributed by atoms with Crippen molar-refractivity contribution in [1.29, 1.82) is 0 Å². The van der Waals surface area contributed by atoms with Gasteiger partial charge >= 0.3 is 0 Å². The van der Waals surface area contributed by atoms with E-state index in [-0.39, 0.29) is 23.3 Å². The molecule has 0 amide bonds. The minimum atomic E-state index is -0.365. The molecule has 0 bridgehead atoms. The van der Waals surface area contributed by atoms with Gasteiger partial charge in [0.25, 0.3) is 5.69 Å². The molecule has 1 N–H and O–H groups in total. The molecule has 128 valence electrons. The Morgan fingerprint density at radius 2 is 2.26 bits per heavy atom. The number of nitro benzene ring substituents is 1. The first-order chi connectivity index (χ1) is 11.0. The monoisotopic (exact) mass is 322 g/mol. The molecule has 0 aromatic heterocycles. The molecular formula is C17H26N2O4. The zero-order chi connectivity index (χ0) is 16.8. The van der Waals surface area contributed by atoms with Crippen LogP contribution in [0.1, 0.15) is 45.1 Å². The molecule has 1 saturated heterocycles. The van der Waals surface area contributed by atoms with Crippen molar-refractivity contribution in [2.24, 2.45) is 0 Å². The maximum absolute atomic E-state index is 11.1. The fourth-order valence-electron chi connectivity index (χ4n) is 3.15. The van der Waals surface area contributed by atoms with Gasteiger partial charge in [-0.2, -0.15) is 0 Å². The number of nitro groups is 1. The summed E-state index contributed by atoms with van der Waals surface area (Å²) in [4.78, 5) is 13.0. The fourth-order valence-corrected chi connectivity index (χ4v) is 3.15. The van der Waals surface area contributed by atoms with Crippen LogP contribution in [-0.2, 0) is 6.54 Å². The van der Waals surface area contributed by atoms with E-state index in [0.29, 0.717) is 12.6 Å². The van der Waals surface area contributed by atoms with Crippen LogP contribution in [0.4, 0.5) is 5.69 Å². The molecule has 1 fully saturated rings. The molecule has 1 aromatic rings. The lowest BCUT2D eigenvalue weighted by Crippen LogP contribution is -2.29. The molecule has 0 spiro atoms. The molecule has 1 atom stereocenters. The second-order valence-electron chi connectivity index (χ2n) is 6.35. The quantitative estimate of drug-likeness (QED) is 0.588. The van der Waals surface area contributed by atoms with Crippen LogP contribution >= 0.6 is 0 Å². The average molecular weight is 322 g/mol. The fraction of sp³-hybridized carbons (Fsp3) is 0.647. The van der Waals surface area contributed by atoms with Crippen LogP contribution in [0.5, 0.6) is 5.75 Å². The SMILES string of the molecule is CC(C)Oc1ccc([N+](=O)[O-])cc1CN1CCCC1CCCO. The summed E-state index contributed by atoms with van der Waals surface area (Å²) in [7, 11) is 0. The van der Waals surface area contributed by atoms with Crippen molar-refractivity contribution in [2.45, 2.75) is 58.2 Å². The van der Waals surface area contributed by atoms with E-state index in [0.717, 1.165) is 43.5 Å². The van der Waals surface area contributed by atoms with Crippen LogP contribution in [0.15, 0.2) is 18.2 Å². The Kier molecular flexibility index (Phi) is 6.36. The largest absolute Gasteiger partial charge is 0.491 e. The molecular weight excluding hydrogens is 296 g/mol. The van der Waals surface area contributed by atoms with E-state index in [1.165, 1.54) is 6.07 Å². The molecule has 0 radical (unpaired) electrons. The lowest BCUT2D eigenvalue weighted by Gasteiger charge is -2.25. The summed E-state index contributed by atoms with van der Waals surface area (Å²) in [6.07, 6.45) is 4.04. The number of aliphatic hydroxyl groups is 1. The number of benzene rings is 1. The topological polar surface area (TPSA) is 75.8 Å². The highest BCUT2D eigenvalue weighted by atomic mass is 16.6. The highest BCUT2D eigenvalue weighted by molar-refractivity contribution is 5.44. The molecule has 1 aliphatic heterocycles. The Labute approximate surface area is 137 Å². The van der Waals surface area contributed by atoms with E-state index in [4.69, 9.17) is 9.84 Å². The number of hydrogen-bond donors (Lipinski definition) is 1. The van der Waals surface area contributed by atoms with Gasteiger partial charge in [-0.1, -0.05) is 0 Å². The number of rotatable bonds is 8. The van der Waals surface area contributed by atoms with E-state index in [1.807, 2.05) is 13.8 Å². The van der Waals surface area contributed by atoms with Gasteiger partial charge in [0.15, 0.2) is 0 Å². The first-order valence-corrected chi connectivity index (χ1v) is 8.30. The molecule has 23 heavy (non-hydrogen) atoms. The van der Waals surface area contributed by atoms with Crippen molar-refractivity contribution >= 4 is 5.69 Å². The van der Waals surface area contributed by atoms with Gasteiger partial charge in [0.05, 0.1) is 11.0 Å². The summed E-state index contributed by atoms with van der Waals surface area (Å²) >= 11 is 0. The van der Waals surface area contributed by atoms with Crippen LogP contribution in [-0.4, -0.2) is 40.2 Å². The maximum atomic E-state index is 11.1. The summed E-state index contributed by atoms with van der Waals surface area (Å²) < 4.78 is 5.82. The first kappa shape index (κ1) is 17.7. The second kappa shape index (κ2) is 8.26. The van der Waals surface area contributed by atoms with Crippen molar-refractivity contribution in [2.75, 3.05) is 13.2 Å². The molecule has 1 heterocycles. The summed E-state index contributed by atoms with van der Waals surface area (Å²) in [6, 6.07) is 5.26. The minimum Gasteiger partial charge on any atom is -0.491 e. The van der Waals surface area contributed by atoms with E-state index in [2.05, 4.69) is 4.90 Å². The van der Waals surface area contributed by atoms with E-state index >= 15 is 0 Å². The summed E-state index contributed by atoms with van der Waals surface area (Å²) in [6.45, 7) is 5.75. The van der Waals surface area contributed by atoms with Crippen LogP contribution in [0.2, 0.25) is 0 Å². The zero-order valence-corrected chi connectivity index (χ0v) is 13.9. The third-order valence-electron chi connectivity index (χ3n) is 4.19. The first-order valence-electron chi connectivity index (χ1n) is 8.30. The van der Waals surface area contributed by atoms with Crippen molar-refractivity contribution in [3.63, 3.8) is 0 Å². The van der Waals surface area contributed by atoms with Gasteiger partial charge < -0.3 is 9.84 Å². The number of nitrogens with zero attached hydrogens (tertiary/aromatic N) is 2. The molecule has 6 heteroatoms. The Morgan fingerprint density at radius 3 is 2.91 bits per heavy atom. The van der Waals surface area contributed by atoms with Crippen LogP contribution in [0.25, 0.3) is 0 Å². The number of ether oxygens (including phenoxy) is 1. The molecule has 6 nitrogen and oxygen atoms in total. The Morgan fingerprint density at radius 1 is 1.48 bits per heavy atom. The van der Waals surface area contributed by atoms with Gasteiger partial charge in [0, 0.05) is 36.9 Å². The van der Waals surface area contributed by atoms with Crippen LogP contribution in [0.3, 0.4) is 0 Å². The highest BCUT2D eigenvalue weighted by Gasteiger charge is 2.25.